The Kier molecular flexibility index (Phi) is 10.7. The van der Waals surface area contributed by atoms with Gasteiger partial charge in [-0.1, -0.05) is 30.3 Å². The molecule has 0 aliphatic rings. The highest BCUT2D eigenvalue weighted by Gasteiger charge is 2.38. The number of sulfonamides is 1. The number of aliphatic carboxylic acids is 1. The highest BCUT2D eigenvalue weighted by Crippen LogP contribution is 2.22. The number of aliphatic hydroxyl groups is 1. The van der Waals surface area contributed by atoms with Crippen molar-refractivity contribution in [3.63, 3.8) is 0 Å². The monoisotopic (exact) mass is 637 g/mol. The third-order valence-electron chi connectivity index (χ3n) is 6.27. The Bertz CT molecular complexity index is 1710. The van der Waals surface area contributed by atoms with Gasteiger partial charge in [0.15, 0.2) is 11.3 Å². The van der Waals surface area contributed by atoms with Gasteiger partial charge in [0.1, 0.15) is 0 Å². The van der Waals surface area contributed by atoms with Crippen molar-refractivity contribution in [2.24, 2.45) is 0 Å². The molecule has 2 heterocycles. The molecule has 0 saturated carbocycles. The number of nitrogens with zero attached hydrogens (tertiary/aromatic N) is 3. The minimum atomic E-state index is -5.08. The Hall–Kier alpha value is -4.54. The second-order valence-corrected chi connectivity index (χ2v) is 11.8. The maximum atomic E-state index is 12.6. The summed E-state index contributed by atoms with van der Waals surface area (Å²) in [4.78, 5) is 28.4. The first-order valence-corrected chi connectivity index (χ1v) is 14.4. The Morgan fingerprint density at radius 3 is 2.27 bits per heavy atom. The van der Waals surface area contributed by atoms with Gasteiger partial charge in [0.25, 0.3) is 10.0 Å². The van der Waals surface area contributed by atoms with Crippen LogP contribution >= 0.6 is 0 Å². The molecule has 1 atom stereocenters. The van der Waals surface area contributed by atoms with Crippen LogP contribution in [0.25, 0.3) is 11.2 Å². The third kappa shape index (κ3) is 9.48. The first-order valence-electron chi connectivity index (χ1n) is 12.9. The summed E-state index contributed by atoms with van der Waals surface area (Å²) < 4.78 is 61.4. The Morgan fingerprint density at radius 2 is 1.66 bits per heavy atom. The van der Waals surface area contributed by atoms with E-state index in [1.165, 1.54) is 18.2 Å². The van der Waals surface area contributed by atoms with Crippen molar-refractivity contribution >= 4 is 38.8 Å². The summed E-state index contributed by atoms with van der Waals surface area (Å²) in [7, 11) is -3.73. The molecule has 5 N–H and O–H groups in total. The summed E-state index contributed by atoms with van der Waals surface area (Å²) in [5.41, 5.74) is 1.67. The van der Waals surface area contributed by atoms with Crippen molar-refractivity contribution < 1.29 is 46.5 Å². The number of imidazole rings is 1. The van der Waals surface area contributed by atoms with Gasteiger partial charge in [-0.2, -0.15) is 13.2 Å². The number of hydrogen-bond donors (Lipinski definition) is 5. The number of halogens is 3. The van der Waals surface area contributed by atoms with E-state index >= 15 is 0 Å². The van der Waals surface area contributed by atoms with Gasteiger partial charge in [-0.05, 0) is 62.2 Å². The predicted molar refractivity (Wildman–Crippen MR) is 154 cm³/mol. The molecule has 2 aromatic heterocycles. The van der Waals surface area contributed by atoms with Crippen molar-refractivity contribution in [3.8, 4) is 0 Å². The zero-order valence-electron chi connectivity index (χ0n) is 23.5. The van der Waals surface area contributed by atoms with Crippen LogP contribution in [0.15, 0.2) is 78.0 Å². The maximum absolute atomic E-state index is 12.6. The van der Waals surface area contributed by atoms with Crippen molar-refractivity contribution in [1.29, 1.82) is 0 Å². The predicted octanol–water partition coefficient (Wildman–Crippen LogP) is 4.06. The molecular weight excluding hydrogens is 607 g/mol. The number of β-amino-alcohol motifs (C(OH)–C–C–N with tert-alkyl or cyclic N) is 1. The van der Waals surface area contributed by atoms with Crippen LogP contribution in [-0.2, 0) is 21.4 Å². The van der Waals surface area contributed by atoms with Crippen LogP contribution in [0.4, 0.5) is 18.9 Å². The van der Waals surface area contributed by atoms with E-state index in [-0.39, 0.29) is 22.7 Å². The SMILES string of the molecule is CC(C)(CCn1cnc2nc(C(=O)O)ccc21)NCC(O)c1cccc(NS(=O)(=O)c2ccccc2)c1.O=C(O)C(F)(F)F. The summed E-state index contributed by atoms with van der Waals surface area (Å²) >= 11 is 0. The Morgan fingerprint density at radius 1 is 1.00 bits per heavy atom. The van der Waals surface area contributed by atoms with E-state index < -0.39 is 34.2 Å². The van der Waals surface area contributed by atoms with Gasteiger partial charge >= 0.3 is 18.1 Å². The molecule has 0 radical (unpaired) electrons. The van der Waals surface area contributed by atoms with Crippen LogP contribution in [0.3, 0.4) is 0 Å². The van der Waals surface area contributed by atoms with Crippen LogP contribution in [-0.4, -0.2) is 68.5 Å². The van der Waals surface area contributed by atoms with Crippen molar-refractivity contribution in [2.45, 2.75) is 49.5 Å². The highest BCUT2D eigenvalue weighted by molar-refractivity contribution is 7.92. The highest BCUT2D eigenvalue weighted by atomic mass is 32.2. The average Bonchev–Trinajstić information content (AvgIpc) is 3.37. The number of carbonyl (C=O) groups is 2. The summed E-state index contributed by atoms with van der Waals surface area (Å²) in [6, 6.07) is 17.9. The second-order valence-electron chi connectivity index (χ2n) is 10.2. The van der Waals surface area contributed by atoms with Gasteiger partial charge in [0.2, 0.25) is 0 Å². The van der Waals surface area contributed by atoms with E-state index in [9.17, 15) is 31.5 Å². The van der Waals surface area contributed by atoms with Crippen LogP contribution in [0.5, 0.6) is 0 Å². The molecule has 12 nitrogen and oxygen atoms in total. The largest absolute Gasteiger partial charge is 0.490 e. The fraction of sp³-hybridized carbons (Fsp3) is 0.286. The fourth-order valence-electron chi connectivity index (χ4n) is 3.85. The lowest BCUT2D eigenvalue weighted by Crippen LogP contribution is -2.42. The molecule has 16 heteroatoms. The normalized spacial score (nSPS) is 12.7. The number of pyridine rings is 1. The van der Waals surface area contributed by atoms with E-state index in [1.807, 2.05) is 18.4 Å². The van der Waals surface area contributed by atoms with E-state index in [4.69, 9.17) is 15.0 Å². The molecule has 1 unspecified atom stereocenters. The van der Waals surface area contributed by atoms with Crippen molar-refractivity contribution in [1.82, 2.24) is 19.9 Å². The number of aliphatic hydroxyl groups excluding tert-OH is 1. The standard InChI is InChI=1S/C26H29N5O5S.C2HF3O2/c1-26(2,13-14-31-17-27-24-22(31)12-11-21(29-24)25(33)34)28-16-23(32)18-7-6-8-19(15-18)30-37(35,36)20-9-4-3-5-10-20;3-2(4,5)1(6)7/h3-12,15,17,23,28,30,32H,13-14,16H2,1-2H3,(H,33,34);(H,6,7). The van der Waals surface area contributed by atoms with Crippen LogP contribution < -0.4 is 10.0 Å². The van der Waals surface area contributed by atoms with Gasteiger partial charge < -0.3 is 25.2 Å². The zero-order valence-corrected chi connectivity index (χ0v) is 24.3. The molecule has 0 bridgehead atoms. The minimum Gasteiger partial charge on any atom is -0.477 e. The second kappa shape index (κ2) is 13.8. The quantitative estimate of drug-likeness (QED) is 0.161. The summed E-state index contributed by atoms with van der Waals surface area (Å²) in [5.74, 6) is -3.85. The van der Waals surface area contributed by atoms with Gasteiger partial charge in [0, 0.05) is 24.3 Å². The Labute approximate surface area is 250 Å². The van der Waals surface area contributed by atoms with E-state index in [0.29, 0.717) is 29.9 Å². The number of aromatic carboxylic acids is 1. The summed E-state index contributed by atoms with van der Waals surface area (Å²) in [6.45, 7) is 4.90. The lowest BCUT2D eigenvalue weighted by atomic mass is 9.99. The van der Waals surface area contributed by atoms with Crippen molar-refractivity contribution in [2.75, 3.05) is 11.3 Å². The molecule has 236 valence electrons. The van der Waals surface area contributed by atoms with Gasteiger partial charge in [-0.25, -0.2) is 28.0 Å². The molecule has 0 aliphatic carbocycles. The number of hydrogen-bond acceptors (Lipinski definition) is 8. The molecule has 0 aliphatic heterocycles. The first-order chi connectivity index (χ1) is 20.5. The molecular formula is C28H30F3N5O7S. The van der Waals surface area contributed by atoms with Crippen LogP contribution in [0.1, 0.15) is 42.4 Å². The van der Waals surface area contributed by atoms with E-state index in [2.05, 4.69) is 20.0 Å². The molecule has 0 saturated heterocycles. The number of carboxylic acids is 2. The number of rotatable bonds is 11. The number of nitrogens with one attached hydrogen (secondary N) is 2. The number of alkyl halides is 3. The maximum Gasteiger partial charge on any atom is 0.490 e. The first kappa shape index (κ1) is 34.0. The number of fused-ring (bicyclic) bond motifs is 1. The molecule has 2 aromatic carbocycles. The fourth-order valence-corrected chi connectivity index (χ4v) is 4.92. The number of aromatic nitrogens is 3. The Balaban J connectivity index is 0.000000676. The lowest BCUT2D eigenvalue weighted by Gasteiger charge is -2.28. The van der Waals surface area contributed by atoms with Crippen LogP contribution in [0, 0.1) is 0 Å². The number of anilines is 1. The zero-order chi connectivity index (χ0) is 32.7. The molecule has 4 aromatic rings. The van der Waals surface area contributed by atoms with Gasteiger partial charge in [-0.3, -0.25) is 4.72 Å². The average molecular weight is 638 g/mol. The minimum absolute atomic E-state index is 0.0503. The molecule has 0 fully saturated rings. The molecule has 0 spiro atoms. The lowest BCUT2D eigenvalue weighted by molar-refractivity contribution is -0.192. The number of aryl methyl sites for hydroxylation is 1. The topological polar surface area (TPSA) is 184 Å². The smallest absolute Gasteiger partial charge is 0.477 e. The molecule has 0 amide bonds. The molecule has 44 heavy (non-hydrogen) atoms. The van der Waals surface area contributed by atoms with E-state index in [0.717, 1.165) is 5.52 Å². The van der Waals surface area contributed by atoms with Gasteiger partial charge in [0.05, 0.1) is 22.8 Å². The summed E-state index contributed by atoms with van der Waals surface area (Å²) in [6.07, 6.45) is -3.60. The number of benzene rings is 2. The summed E-state index contributed by atoms with van der Waals surface area (Å²) in [5, 5.41) is 30.4. The van der Waals surface area contributed by atoms with Crippen LogP contribution in [0.2, 0.25) is 0 Å². The number of carboxylic acid groups (broad SMARTS) is 2. The van der Waals surface area contributed by atoms with E-state index in [1.54, 1.807) is 54.9 Å². The molecule has 4 rings (SSSR count). The third-order valence-corrected chi connectivity index (χ3v) is 7.67. The van der Waals surface area contributed by atoms with Crippen molar-refractivity contribution in [3.05, 3.63) is 84.3 Å². The van der Waals surface area contributed by atoms with Gasteiger partial charge in [-0.15, -0.1) is 0 Å².